The number of carbonyl (C=O) groups is 1. The van der Waals surface area contributed by atoms with Crippen LogP contribution in [0.2, 0.25) is 0 Å². The average Bonchev–Trinajstić information content (AvgIpc) is 3.60. The molecule has 3 aromatic heterocycles. The van der Waals surface area contributed by atoms with Crippen molar-refractivity contribution in [3.05, 3.63) is 73.1 Å². The van der Waals surface area contributed by atoms with E-state index in [1.165, 1.54) is 12.4 Å². The lowest BCUT2D eigenvalue weighted by molar-refractivity contribution is -0.131. The molecule has 0 saturated heterocycles. The molecule has 0 saturated carbocycles. The number of carboxylic acids is 1. The molecule has 0 fully saturated rings. The van der Waals surface area contributed by atoms with Crippen LogP contribution in [0.3, 0.4) is 0 Å². The Morgan fingerprint density at radius 2 is 1.83 bits per heavy atom. The van der Waals surface area contributed by atoms with Crippen LogP contribution in [0.1, 0.15) is 58.9 Å². The SMILES string of the molecule is CCCCC/C(=C\C(=O)O)c1ccc(-n2cncn2)c(-c2nc3cc(-c4cnc(N)nc4)ccc3n2C(C)(C)C)c1. The third kappa shape index (κ3) is 5.86. The van der Waals surface area contributed by atoms with E-state index in [1.54, 1.807) is 23.4 Å². The molecule has 10 heteroatoms. The highest BCUT2D eigenvalue weighted by molar-refractivity contribution is 5.92. The second kappa shape index (κ2) is 11.3. The summed E-state index contributed by atoms with van der Waals surface area (Å²) in [6, 6.07) is 12.0. The molecule has 41 heavy (non-hydrogen) atoms. The van der Waals surface area contributed by atoms with Gasteiger partial charge in [-0.3, -0.25) is 0 Å². The predicted octanol–water partition coefficient (Wildman–Crippen LogP) is 6.13. The summed E-state index contributed by atoms with van der Waals surface area (Å²) < 4.78 is 3.92. The van der Waals surface area contributed by atoms with Crippen LogP contribution in [-0.2, 0) is 10.3 Å². The molecule has 2 aromatic carbocycles. The van der Waals surface area contributed by atoms with E-state index in [-0.39, 0.29) is 11.5 Å². The fourth-order valence-corrected chi connectivity index (χ4v) is 5.07. The van der Waals surface area contributed by atoms with Gasteiger partial charge in [-0.15, -0.1) is 0 Å². The van der Waals surface area contributed by atoms with E-state index in [0.717, 1.165) is 69.6 Å². The summed E-state index contributed by atoms with van der Waals surface area (Å²) in [5.41, 5.74) is 12.1. The summed E-state index contributed by atoms with van der Waals surface area (Å²) in [6.07, 6.45) is 11.5. The maximum atomic E-state index is 11.8. The summed E-state index contributed by atoms with van der Waals surface area (Å²) >= 11 is 0. The summed E-state index contributed by atoms with van der Waals surface area (Å²) in [6.45, 7) is 8.55. The van der Waals surface area contributed by atoms with E-state index < -0.39 is 5.97 Å². The van der Waals surface area contributed by atoms with Crippen LogP contribution in [0.4, 0.5) is 5.95 Å². The molecule has 210 valence electrons. The fourth-order valence-electron chi connectivity index (χ4n) is 5.07. The van der Waals surface area contributed by atoms with Crippen LogP contribution in [-0.4, -0.2) is 45.4 Å². The van der Waals surface area contributed by atoms with Crippen molar-refractivity contribution >= 4 is 28.5 Å². The number of benzene rings is 2. The van der Waals surface area contributed by atoms with Gasteiger partial charge in [-0.1, -0.05) is 31.9 Å². The standard InChI is InChI=1S/C31H34N8O2/c1-5-6-7-8-20(15-28(40)41)21-9-11-26(38-19-33-18-36-38)24(13-21)29-37-25-14-22(23-16-34-30(32)35-17-23)10-12-27(25)39(29)31(2,3)4/h9-19H,5-8H2,1-4H3,(H,40,41)(H2,32,34,35)/b20-15+. The zero-order chi connectivity index (χ0) is 29.1. The lowest BCUT2D eigenvalue weighted by Gasteiger charge is -2.26. The highest BCUT2D eigenvalue weighted by atomic mass is 16.4. The van der Waals surface area contributed by atoms with Gasteiger partial charge in [0.2, 0.25) is 5.95 Å². The molecular formula is C31H34N8O2. The van der Waals surface area contributed by atoms with Gasteiger partial charge in [0.25, 0.3) is 0 Å². The molecule has 0 aliphatic rings. The molecule has 0 aliphatic carbocycles. The van der Waals surface area contributed by atoms with E-state index >= 15 is 0 Å². The zero-order valence-electron chi connectivity index (χ0n) is 23.7. The summed E-state index contributed by atoms with van der Waals surface area (Å²) in [7, 11) is 0. The Labute approximate surface area is 238 Å². The summed E-state index contributed by atoms with van der Waals surface area (Å²) in [4.78, 5) is 29.4. The van der Waals surface area contributed by atoms with Gasteiger partial charge >= 0.3 is 5.97 Å². The maximum Gasteiger partial charge on any atom is 0.328 e. The van der Waals surface area contributed by atoms with Crippen molar-refractivity contribution in [1.82, 2.24) is 34.3 Å². The highest BCUT2D eigenvalue weighted by Crippen LogP contribution is 2.37. The van der Waals surface area contributed by atoms with Crippen molar-refractivity contribution in [2.45, 2.75) is 58.9 Å². The Bertz CT molecular complexity index is 1710. The van der Waals surface area contributed by atoms with Crippen LogP contribution in [0.5, 0.6) is 0 Å². The second-order valence-corrected chi connectivity index (χ2v) is 11.0. The van der Waals surface area contributed by atoms with Gasteiger partial charge in [0.05, 0.1) is 16.7 Å². The van der Waals surface area contributed by atoms with Crippen molar-refractivity contribution in [3.63, 3.8) is 0 Å². The van der Waals surface area contributed by atoms with Gasteiger partial charge in [0.1, 0.15) is 18.5 Å². The monoisotopic (exact) mass is 550 g/mol. The van der Waals surface area contributed by atoms with Gasteiger partial charge in [0, 0.05) is 35.1 Å². The van der Waals surface area contributed by atoms with Crippen molar-refractivity contribution in [3.8, 4) is 28.2 Å². The minimum absolute atomic E-state index is 0.223. The molecule has 0 bridgehead atoms. The fraction of sp³-hybridized carbons (Fsp3) is 0.290. The first-order valence-corrected chi connectivity index (χ1v) is 13.7. The number of rotatable bonds is 9. The lowest BCUT2D eigenvalue weighted by Crippen LogP contribution is -2.23. The van der Waals surface area contributed by atoms with Crippen LogP contribution in [0.15, 0.2) is 67.5 Å². The molecule has 0 amide bonds. The second-order valence-electron chi connectivity index (χ2n) is 11.0. The number of carboxylic acid groups (broad SMARTS) is 1. The van der Waals surface area contributed by atoms with E-state index in [2.05, 4.69) is 58.4 Å². The number of fused-ring (bicyclic) bond motifs is 1. The topological polar surface area (TPSA) is 138 Å². The van der Waals surface area contributed by atoms with Crippen LogP contribution in [0, 0.1) is 0 Å². The smallest absolute Gasteiger partial charge is 0.328 e. The number of unbranched alkanes of at least 4 members (excludes halogenated alkanes) is 2. The van der Waals surface area contributed by atoms with Gasteiger partial charge < -0.3 is 15.4 Å². The minimum Gasteiger partial charge on any atom is -0.478 e. The molecule has 5 rings (SSSR count). The van der Waals surface area contributed by atoms with E-state index in [0.29, 0.717) is 6.42 Å². The van der Waals surface area contributed by atoms with Crippen LogP contribution >= 0.6 is 0 Å². The van der Waals surface area contributed by atoms with E-state index in [4.69, 9.17) is 10.7 Å². The largest absolute Gasteiger partial charge is 0.478 e. The molecule has 0 spiro atoms. The molecule has 0 radical (unpaired) electrons. The Hall–Kier alpha value is -4.86. The predicted molar refractivity (Wildman–Crippen MR) is 160 cm³/mol. The minimum atomic E-state index is -0.959. The first-order chi connectivity index (χ1) is 19.7. The number of nitrogen functional groups attached to an aromatic ring is 1. The lowest BCUT2D eigenvalue weighted by atomic mass is 9.96. The molecule has 5 aromatic rings. The molecule has 0 aliphatic heterocycles. The normalized spacial score (nSPS) is 12.2. The number of aromatic nitrogens is 7. The van der Waals surface area contributed by atoms with Gasteiger partial charge in [-0.25, -0.2) is 29.4 Å². The molecule has 0 atom stereocenters. The zero-order valence-corrected chi connectivity index (χ0v) is 23.7. The Kier molecular flexibility index (Phi) is 7.65. The van der Waals surface area contributed by atoms with Crippen LogP contribution < -0.4 is 5.73 Å². The number of anilines is 1. The Balaban J connectivity index is 1.74. The van der Waals surface area contributed by atoms with Gasteiger partial charge in [-0.05, 0) is 74.6 Å². The van der Waals surface area contributed by atoms with E-state index in [1.807, 2.05) is 30.3 Å². The number of nitrogens with two attached hydrogens (primary N) is 1. The number of hydrogen-bond acceptors (Lipinski definition) is 7. The Morgan fingerprint density at radius 3 is 2.49 bits per heavy atom. The maximum absolute atomic E-state index is 11.8. The quantitative estimate of drug-likeness (QED) is 0.165. The van der Waals surface area contributed by atoms with Crippen molar-refractivity contribution in [2.75, 3.05) is 5.73 Å². The number of imidazole rings is 1. The first-order valence-electron chi connectivity index (χ1n) is 13.7. The molecule has 3 N–H and O–H groups in total. The summed E-state index contributed by atoms with van der Waals surface area (Å²) in [5, 5.41) is 14.0. The molecule has 3 heterocycles. The van der Waals surface area contributed by atoms with Gasteiger partial charge in [-0.2, -0.15) is 5.10 Å². The first kappa shape index (κ1) is 27.7. The number of allylic oxidation sites excluding steroid dienone is 1. The summed E-state index contributed by atoms with van der Waals surface area (Å²) in [5.74, 6) is 0.00829. The number of nitrogens with zero attached hydrogens (tertiary/aromatic N) is 7. The molecular weight excluding hydrogens is 516 g/mol. The van der Waals surface area contributed by atoms with Crippen LogP contribution in [0.25, 0.3) is 44.8 Å². The Morgan fingerprint density at radius 1 is 1.05 bits per heavy atom. The van der Waals surface area contributed by atoms with Crippen molar-refractivity contribution in [1.29, 1.82) is 0 Å². The highest BCUT2D eigenvalue weighted by Gasteiger charge is 2.25. The third-order valence-electron chi connectivity index (χ3n) is 6.95. The molecule has 10 nitrogen and oxygen atoms in total. The molecule has 0 unspecified atom stereocenters. The average molecular weight is 551 g/mol. The van der Waals surface area contributed by atoms with Crippen molar-refractivity contribution < 1.29 is 9.90 Å². The van der Waals surface area contributed by atoms with Gasteiger partial charge in [0.15, 0.2) is 0 Å². The number of hydrogen-bond donors (Lipinski definition) is 2. The van der Waals surface area contributed by atoms with E-state index in [9.17, 15) is 9.90 Å². The third-order valence-corrected chi connectivity index (χ3v) is 6.95. The van der Waals surface area contributed by atoms with Crippen molar-refractivity contribution in [2.24, 2.45) is 0 Å². The number of aliphatic carboxylic acids is 1.